The fourth-order valence-electron chi connectivity index (χ4n) is 1.75. The van der Waals surface area contributed by atoms with Crippen LogP contribution in [0.1, 0.15) is 31.7 Å². The Morgan fingerprint density at radius 3 is 2.53 bits per heavy atom. The lowest BCUT2D eigenvalue weighted by atomic mass is 9.98. The Balaban J connectivity index is 2.32. The minimum atomic E-state index is -0.266. The second-order valence-corrected chi connectivity index (χ2v) is 4.56. The zero-order chi connectivity index (χ0) is 12.7. The Bertz CT molecular complexity index is 348. The molecular formula is C14H20FNO. The quantitative estimate of drug-likeness (QED) is 0.792. The maximum atomic E-state index is 12.7. The van der Waals surface area contributed by atoms with E-state index in [1.54, 1.807) is 12.1 Å². The second kappa shape index (κ2) is 7.17. The van der Waals surface area contributed by atoms with Gasteiger partial charge in [0.2, 0.25) is 0 Å². The van der Waals surface area contributed by atoms with E-state index in [-0.39, 0.29) is 11.6 Å². The van der Waals surface area contributed by atoms with E-state index in [4.69, 9.17) is 5.73 Å². The van der Waals surface area contributed by atoms with E-state index < -0.39 is 0 Å². The number of carbonyl (C=O) groups excluding carboxylic acids is 1. The molecule has 1 aromatic rings. The standard InChI is InChI=1S/C14H20FNO/c1-11(8-9-16)2-7-14(17)10-12-3-5-13(15)6-4-12/h3-6,11H,2,7-10,16H2,1H3. The molecule has 0 saturated carbocycles. The topological polar surface area (TPSA) is 43.1 Å². The lowest BCUT2D eigenvalue weighted by molar-refractivity contribution is -0.118. The van der Waals surface area contributed by atoms with Gasteiger partial charge in [0, 0.05) is 12.8 Å². The SMILES string of the molecule is CC(CCN)CCC(=O)Cc1ccc(F)cc1. The van der Waals surface area contributed by atoms with Crippen molar-refractivity contribution in [3.05, 3.63) is 35.6 Å². The first kappa shape index (κ1) is 13.8. The predicted octanol–water partition coefficient (Wildman–Crippen LogP) is 2.70. The van der Waals surface area contributed by atoms with Gasteiger partial charge in [-0.1, -0.05) is 19.1 Å². The van der Waals surface area contributed by atoms with E-state index in [0.29, 0.717) is 25.3 Å². The van der Waals surface area contributed by atoms with Gasteiger partial charge in [0.1, 0.15) is 11.6 Å². The number of hydrogen-bond acceptors (Lipinski definition) is 2. The van der Waals surface area contributed by atoms with Gasteiger partial charge in [0.15, 0.2) is 0 Å². The van der Waals surface area contributed by atoms with Gasteiger partial charge >= 0.3 is 0 Å². The molecule has 0 bridgehead atoms. The van der Waals surface area contributed by atoms with Gasteiger partial charge < -0.3 is 5.73 Å². The summed E-state index contributed by atoms with van der Waals surface area (Å²) >= 11 is 0. The molecule has 0 radical (unpaired) electrons. The molecule has 0 spiro atoms. The molecule has 0 fully saturated rings. The molecule has 94 valence electrons. The molecule has 1 unspecified atom stereocenters. The van der Waals surface area contributed by atoms with Crippen LogP contribution in [0.15, 0.2) is 24.3 Å². The molecule has 2 nitrogen and oxygen atoms in total. The average molecular weight is 237 g/mol. The lowest BCUT2D eigenvalue weighted by Gasteiger charge is -2.08. The van der Waals surface area contributed by atoms with E-state index in [1.807, 2.05) is 0 Å². The van der Waals surface area contributed by atoms with Crippen LogP contribution in [0.25, 0.3) is 0 Å². The highest BCUT2D eigenvalue weighted by molar-refractivity contribution is 5.80. The summed E-state index contributed by atoms with van der Waals surface area (Å²) < 4.78 is 12.7. The monoisotopic (exact) mass is 237 g/mol. The van der Waals surface area contributed by atoms with Crippen LogP contribution < -0.4 is 5.73 Å². The fraction of sp³-hybridized carbons (Fsp3) is 0.500. The van der Waals surface area contributed by atoms with Gasteiger partial charge in [-0.2, -0.15) is 0 Å². The highest BCUT2D eigenvalue weighted by Crippen LogP contribution is 2.11. The molecule has 0 amide bonds. The largest absolute Gasteiger partial charge is 0.330 e. The highest BCUT2D eigenvalue weighted by atomic mass is 19.1. The van der Waals surface area contributed by atoms with Crippen molar-refractivity contribution in [1.82, 2.24) is 0 Å². The Hall–Kier alpha value is -1.22. The molecule has 0 heterocycles. The van der Waals surface area contributed by atoms with Crippen molar-refractivity contribution >= 4 is 5.78 Å². The zero-order valence-electron chi connectivity index (χ0n) is 10.3. The van der Waals surface area contributed by atoms with Crippen LogP contribution in [0.2, 0.25) is 0 Å². The third kappa shape index (κ3) is 5.59. The van der Waals surface area contributed by atoms with E-state index in [0.717, 1.165) is 18.4 Å². The van der Waals surface area contributed by atoms with Crippen LogP contribution in [0.4, 0.5) is 4.39 Å². The predicted molar refractivity (Wildman–Crippen MR) is 67.2 cm³/mol. The summed E-state index contributed by atoms with van der Waals surface area (Å²) in [6.45, 7) is 2.78. The molecule has 1 rings (SSSR count). The highest BCUT2D eigenvalue weighted by Gasteiger charge is 2.07. The number of nitrogens with two attached hydrogens (primary N) is 1. The van der Waals surface area contributed by atoms with Crippen LogP contribution in [-0.4, -0.2) is 12.3 Å². The summed E-state index contributed by atoms with van der Waals surface area (Å²) in [5.41, 5.74) is 6.33. The molecule has 1 atom stereocenters. The number of carbonyl (C=O) groups is 1. The number of rotatable bonds is 7. The summed E-state index contributed by atoms with van der Waals surface area (Å²) in [6, 6.07) is 6.10. The summed E-state index contributed by atoms with van der Waals surface area (Å²) in [5.74, 6) is 0.440. The van der Waals surface area contributed by atoms with Crippen molar-refractivity contribution in [1.29, 1.82) is 0 Å². The summed E-state index contributed by atoms with van der Waals surface area (Å²) in [5, 5.41) is 0. The van der Waals surface area contributed by atoms with Crippen molar-refractivity contribution in [3.63, 3.8) is 0 Å². The number of ketones is 1. The molecule has 17 heavy (non-hydrogen) atoms. The second-order valence-electron chi connectivity index (χ2n) is 4.56. The van der Waals surface area contributed by atoms with Crippen molar-refractivity contribution in [3.8, 4) is 0 Å². The summed E-state index contributed by atoms with van der Waals surface area (Å²) in [4.78, 5) is 11.7. The molecule has 0 aliphatic carbocycles. The average Bonchev–Trinajstić information content (AvgIpc) is 2.30. The Morgan fingerprint density at radius 1 is 1.29 bits per heavy atom. The molecular weight excluding hydrogens is 217 g/mol. The summed E-state index contributed by atoms with van der Waals surface area (Å²) in [6.07, 6.45) is 2.83. The Morgan fingerprint density at radius 2 is 1.94 bits per heavy atom. The first-order chi connectivity index (χ1) is 8.11. The molecule has 0 saturated heterocycles. The molecule has 3 heteroatoms. The van der Waals surface area contributed by atoms with Crippen LogP contribution in [0.5, 0.6) is 0 Å². The third-order valence-corrected chi connectivity index (χ3v) is 2.89. The van der Waals surface area contributed by atoms with Crippen LogP contribution in [0.3, 0.4) is 0 Å². The minimum absolute atomic E-state index is 0.209. The van der Waals surface area contributed by atoms with Crippen LogP contribution in [-0.2, 0) is 11.2 Å². The third-order valence-electron chi connectivity index (χ3n) is 2.89. The maximum absolute atomic E-state index is 12.7. The first-order valence-electron chi connectivity index (χ1n) is 6.08. The number of Topliss-reactive ketones (excluding diaryl/α,β-unsaturated/α-hetero) is 1. The van der Waals surface area contributed by atoms with Gasteiger partial charge in [0.05, 0.1) is 0 Å². The molecule has 1 aromatic carbocycles. The van der Waals surface area contributed by atoms with Crippen molar-refractivity contribution in [2.24, 2.45) is 11.7 Å². The Kier molecular flexibility index (Phi) is 5.84. The molecule has 2 N–H and O–H groups in total. The van der Waals surface area contributed by atoms with Crippen LogP contribution in [0, 0.1) is 11.7 Å². The zero-order valence-corrected chi connectivity index (χ0v) is 10.3. The molecule has 0 aromatic heterocycles. The summed E-state index contributed by atoms with van der Waals surface area (Å²) in [7, 11) is 0. The number of benzene rings is 1. The fourth-order valence-corrected chi connectivity index (χ4v) is 1.75. The lowest BCUT2D eigenvalue weighted by Crippen LogP contribution is -2.09. The van der Waals surface area contributed by atoms with Gasteiger partial charge in [-0.05, 0) is 43.0 Å². The van der Waals surface area contributed by atoms with E-state index in [1.165, 1.54) is 12.1 Å². The smallest absolute Gasteiger partial charge is 0.137 e. The van der Waals surface area contributed by atoms with Gasteiger partial charge in [0.25, 0.3) is 0 Å². The van der Waals surface area contributed by atoms with E-state index in [2.05, 4.69) is 6.92 Å². The minimum Gasteiger partial charge on any atom is -0.330 e. The van der Waals surface area contributed by atoms with Crippen molar-refractivity contribution in [2.75, 3.05) is 6.54 Å². The maximum Gasteiger partial charge on any atom is 0.137 e. The molecule has 0 aliphatic rings. The van der Waals surface area contributed by atoms with E-state index >= 15 is 0 Å². The van der Waals surface area contributed by atoms with Crippen molar-refractivity contribution in [2.45, 2.75) is 32.6 Å². The molecule has 0 aliphatic heterocycles. The van der Waals surface area contributed by atoms with E-state index in [9.17, 15) is 9.18 Å². The van der Waals surface area contributed by atoms with Crippen molar-refractivity contribution < 1.29 is 9.18 Å². The van der Waals surface area contributed by atoms with Gasteiger partial charge in [-0.15, -0.1) is 0 Å². The van der Waals surface area contributed by atoms with Crippen LogP contribution >= 0.6 is 0 Å². The number of halogens is 1. The normalized spacial score (nSPS) is 12.4. The number of hydrogen-bond donors (Lipinski definition) is 1. The Labute approximate surface area is 102 Å². The van der Waals surface area contributed by atoms with Gasteiger partial charge in [-0.25, -0.2) is 4.39 Å². The first-order valence-corrected chi connectivity index (χ1v) is 6.08. The van der Waals surface area contributed by atoms with Gasteiger partial charge in [-0.3, -0.25) is 4.79 Å².